The summed E-state index contributed by atoms with van der Waals surface area (Å²) in [5.74, 6) is -1.84. The van der Waals surface area contributed by atoms with Gasteiger partial charge in [-0.3, -0.25) is 14.2 Å². The molecule has 1 aromatic heterocycles. The number of pyridine rings is 1. The number of nitrogens with two attached hydrogens (primary N) is 1. The van der Waals surface area contributed by atoms with Gasteiger partial charge in [0.05, 0.1) is 5.75 Å². The van der Waals surface area contributed by atoms with Gasteiger partial charge in [-0.1, -0.05) is 29.8 Å². The van der Waals surface area contributed by atoms with Crippen LogP contribution in [-0.4, -0.2) is 36.9 Å². The maximum atomic E-state index is 12.7. The first kappa shape index (κ1) is 24.0. The van der Waals surface area contributed by atoms with Gasteiger partial charge in [-0.25, -0.2) is 13.2 Å². The molecule has 0 saturated carbocycles. The van der Waals surface area contributed by atoms with Crippen molar-refractivity contribution >= 4 is 39.1 Å². The summed E-state index contributed by atoms with van der Waals surface area (Å²) in [5.41, 5.74) is 4.27. The van der Waals surface area contributed by atoms with Crippen molar-refractivity contribution in [2.45, 2.75) is 5.54 Å². The number of nitrogens with zero attached hydrogens (tertiary/aromatic N) is 1. The molecule has 3 amide bonds. The predicted molar refractivity (Wildman–Crippen MR) is 126 cm³/mol. The number of amides is 3. The van der Waals surface area contributed by atoms with Gasteiger partial charge in [0.25, 0.3) is 5.56 Å². The minimum atomic E-state index is -3.78. The highest BCUT2D eigenvalue weighted by atomic mass is 35.5. The smallest absolute Gasteiger partial charge is 0.320 e. The number of primary amides is 1. The lowest BCUT2D eigenvalue weighted by molar-refractivity contribution is -0.123. The average Bonchev–Trinajstić information content (AvgIpc) is 2.74. The van der Waals surface area contributed by atoms with E-state index < -0.39 is 33.1 Å². The van der Waals surface area contributed by atoms with Crippen molar-refractivity contribution in [3.63, 3.8) is 0 Å². The molecular weight excluding hydrogens is 468 g/mol. The van der Waals surface area contributed by atoms with Crippen molar-refractivity contribution in [2.24, 2.45) is 5.73 Å². The normalized spacial score (nSPS) is 13.0. The Bertz CT molecular complexity index is 1340. The number of benzene rings is 2. The van der Waals surface area contributed by atoms with Crippen LogP contribution >= 0.6 is 11.6 Å². The van der Waals surface area contributed by atoms with E-state index in [-0.39, 0.29) is 11.1 Å². The number of carbonyl (C=O) groups excluding carboxylic acids is 2. The number of halogens is 1. The van der Waals surface area contributed by atoms with Crippen LogP contribution in [0.25, 0.3) is 5.69 Å². The van der Waals surface area contributed by atoms with Gasteiger partial charge in [-0.15, -0.1) is 0 Å². The lowest BCUT2D eigenvalue weighted by Gasteiger charge is -2.31. The molecule has 2 aromatic carbocycles. The highest BCUT2D eigenvalue weighted by Crippen LogP contribution is 2.25. The summed E-state index contributed by atoms with van der Waals surface area (Å²) in [6.45, 7) is 0. The number of aromatic nitrogens is 1. The van der Waals surface area contributed by atoms with E-state index in [1.165, 1.54) is 47.0 Å². The molecule has 11 heteroatoms. The van der Waals surface area contributed by atoms with E-state index in [4.69, 9.17) is 17.3 Å². The van der Waals surface area contributed by atoms with Crippen LogP contribution in [0, 0.1) is 0 Å². The molecule has 4 N–H and O–H groups in total. The minimum Gasteiger partial charge on any atom is -0.367 e. The van der Waals surface area contributed by atoms with Gasteiger partial charge in [0, 0.05) is 34.9 Å². The molecule has 1 atom stereocenters. The highest BCUT2D eigenvalue weighted by molar-refractivity contribution is 7.90. The van der Waals surface area contributed by atoms with Crippen molar-refractivity contribution < 1.29 is 18.0 Å². The van der Waals surface area contributed by atoms with Gasteiger partial charge in [0.15, 0.2) is 15.4 Å². The lowest BCUT2D eigenvalue weighted by Crippen LogP contribution is -2.59. The van der Waals surface area contributed by atoms with Crippen molar-refractivity contribution in [3.8, 4) is 5.69 Å². The molecular formula is C22H21ClN4O5S. The zero-order chi connectivity index (χ0) is 24.2. The third kappa shape index (κ3) is 5.79. The maximum Gasteiger partial charge on any atom is 0.320 e. The van der Waals surface area contributed by atoms with E-state index in [1.807, 2.05) is 0 Å². The fourth-order valence-electron chi connectivity index (χ4n) is 3.30. The van der Waals surface area contributed by atoms with Gasteiger partial charge in [-0.2, -0.15) is 0 Å². The summed E-state index contributed by atoms with van der Waals surface area (Å²) in [7, 11) is -3.78. The zero-order valence-corrected chi connectivity index (χ0v) is 19.1. The highest BCUT2D eigenvalue weighted by Gasteiger charge is 2.43. The average molecular weight is 489 g/mol. The number of hydrogen-bond donors (Lipinski definition) is 3. The second-order valence-electron chi connectivity index (χ2n) is 7.38. The van der Waals surface area contributed by atoms with E-state index in [0.29, 0.717) is 16.4 Å². The SMILES string of the molecule is CS(=O)(=O)C[C@](NC(=O)Nc1ccc(Cl)cc1)(C(N)=O)c1ccc(-n2ccccc2=O)cc1. The number of anilines is 1. The van der Waals surface area contributed by atoms with Crippen LogP contribution in [0.2, 0.25) is 5.02 Å². The Labute approximate surface area is 195 Å². The van der Waals surface area contributed by atoms with Gasteiger partial charge >= 0.3 is 6.03 Å². The Morgan fingerprint density at radius 2 is 1.67 bits per heavy atom. The van der Waals surface area contributed by atoms with Crippen LogP contribution in [-0.2, 0) is 20.2 Å². The second kappa shape index (κ2) is 9.47. The number of hydrogen-bond acceptors (Lipinski definition) is 5. The Balaban J connectivity index is 2.00. The van der Waals surface area contributed by atoms with E-state index >= 15 is 0 Å². The van der Waals surface area contributed by atoms with Crippen molar-refractivity contribution in [3.05, 3.63) is 93.9 Å². The molecule has 0 fully saturated rings. The van der Waals surface area contributed by atoms with Crippen LogP contribution < -0.4 is 21.9 Å². The molecule has 0 radical (unpaired) electrons. The molecule has 0 spiro atoms. The Hall–Kier alpha value is -3.63. The number of urea groups is 1. The topological polar surface area (TPSA) is 140 Å². The summed E-state index contributed by atoms with van der Waals surface area (Å²) < 4.78 is 25.8. The van der Waals surface area contributed by atoms with Gasteiger partial charge in [0.2, 0.25) is 5.91 Å². The molecule has 3 rings (SSSR count). The summed E-state index contributed by atoms with van der Waals surface area (Å²) in [4.78, 5) is 37.4. The molecule has 0 aliphatic rings. The molecule has 0 bridgehead atoms. The summed E-state index contributed by atoms with van der Waals surface area (Å²) in [6, 6.07) is 15.9. The number of rotatable bonds is 7. The third-order valence-electron chi connectivity index (χ3n) is 4.79. The zero-order valence-electron chi connectivity index (χ0n) is 17.5. The Kier molecular flexibility index (Phi) is 6.89. The van der Waals surface area contributed by atoms with Crippen LogP contribution in [0.1, 0.15) is 5.56 Å². The van der Waals surface area contributed by atoms with E-state index in [0.717, 1.165) is 6.26 Å². The first-order valence-corrected chi connectivity index (χ1v) is 12.0. The van der Waals surface area contributed by atoms with Crippen LogP contribution in [0.3, 0.4) is 0 Å². The fourth-order valence-corrected chi connectivity index (χ4v) is 4.59. The van der Waals surface area contributed by atoms with Gasteiger partial charge in [0.1, 0.15) is 0 Å². The van der Waals surface area contributed by atoms with Crippen molar-refractivity contribution in [1.82, 2.24) is 9.88 Å². The van der Waals surface area contributed by atoms with Crippen molar-refractivity contribution in [2.75, 3.05) is 17.3 Å². The molecule has 9 nitrogen and oxygen atoms in total. The van der Waals surface area contributed by atoms with Gasteiger partial charge in [-0.05, 0) is 48.0 Å². The minimum absolute atomic E-state index is 0.138. The molecule has 1 heterocycles. The first-order chi connectivity index (χ1) is 15.5. The fraction of sp³-hybridized carbons (Fsp3) is 0.136. The lowest BCUT2D eigenvalue weighted by atomic mass is 9.90. The number of sulfone groups is 1. The van der Waals surface area contributed by atoms with E-state index in [9.17, 15) is 22.8 Å². The molecule has 172 valence electrons. The standard InChI is InChI=1S/C22H21ClN4O5S/c1-33(31,32)14-22(20(24)29,26-21(30)25-17-9-7-16(23)8-10-17)15-5-11-18(12-6-15)27-13-3-2-4-19(27)28/h2-13H,14H2,1H3,(H2,24,29)(H2,25,26,30)/t22-/m1/s1. The van der Waals surface area contributed by atoms with Crippen LogP contribution in [0.15, 0.2) is 77.7 Å². The number of carbonyl (C=O) groups is 2. The monoisotopic (exact) mass is 488 g/mol. The Morgan fingerprint density at radius 3 is 2.21 bits per heavy atom. The molecule has 0 unspecified atom stereocenters. The predicted octanol–water partition coefficient (Wildman–Crippen LogP) is 2.04. The first-order valence-electron chi connectivity index (χ1n) is 9.61. The Morgan fingerprint density at radius 1 is 1.03 bits per heavy atom. The quantitative estimate of drug-likeness (QED) is 0.466. The van der Waals surface area contributed by atoms with Crippen LogP contribution in [0.4, 0.5) is 10.5 Å². The second-order valence-corrected chi connectivity index (χ2v) is 9.96. The largest absolute Gasteiger partial charge is 0.367 e. The van der Waals surface area contributed by atoms with Crippen LogP contribution in [0.5, 0.6) is 0 Å². The maximum absolute atomic E-state index is 12.7. The molecule has 3 aromatic rings. The van der Waals surface area contributed by atoms with Crippen molar-refractivity contribution in [1.29, 1.82) is 0 Å². The summed E-state index contributed by atoms with van der Waals surface area (Å²) in [5, 5.41) is 5.41. The summed E-state index contributed by atoms with van der Waals surface area (Å²) in [6.07, 6.45) is 2.49. The van der Waals surface area contributed by atoms with E-state index in [2.05, 4.69) is 10.6 Å². The molecule has 33 heavy (non-hydrogen) atoms. The molecule has 0 saturated heterocycles. The van der Waals surface area contributed by atoms with E-state index in [1.54, 1.807) is 30.5 Å². The van der Waals surface area contributed by atoms with Gasteiger partial charge < -0.3 is 16.4 Å². The molecule has 0 aliphatic carbocycles. The molecule has 0 aliphatic heterocycles. The summed E-state index contributed by atoms with van der Waals surface area (Å²) >= 11 is 5.84. The number of nitrogens with one attached hydrogen (secondary N) is 2. The third-order valence-corrected chi connectivity index (χ3v) is 6.00.